The summed E-state index contributed by atoms with van der Waals surface area (Å²) in [5, 5.41) is 8.25. The fraction of sp³-hybridized carbons (Fsp3) is 0.333. The van der Waals surface area contributed by atoms with Crippen LogP contribution in [0.2, 0.25) is 5.02 Å². The van der Waals surface area contributed by atoms with Gasteiger partial charge in [0.05, 0.1) is 10.6 Å². The van der Waals surface area contributed by atoms with Crippen molar-refractivity contribution in [3.63, 3.8) is 0 Å². The first-order valence-corrected chi connectivity index (χ1v) is 9.80. The summed E-state index contributed by atoms with van der Waals surface area (Å²) in [4.78, 5) is 0.422. The molecular weight excluding hydrogens is 326 g/mol. The predicted octanol–water partition coefficient (Wildman–Crippen LogP) is 3.45. The van der Waals surface area contributed by atoms with E-state index in [2.05, 4.69) is 22.1 Å². The van der Waals surface area contributed by atoms with Gasteiger partial charge >= 0.3 is 0 Å². The van der Waals surface area contributed by atoms with Crippen molar-refractivity contribution >= 4 is 32.8 Å². The molecule has 1 aromatic carbocycles. The number of fused-ring (bicyclic) bond motifs is 1. The highest BCUT2D eigenvalue weighted by atomic mass is 35.5. The number of rotatable bonds is 4. The van der Waals surface area contributed by atoms with E-state index in [9.17, 15) is 8.42 Å². The topological polar surface area (TPSA) is 46.2 Å². The largest absolute Gasteiger partial charge is 0.310 e. The van der Waals surface area contributed by atoms with Crippen LogP contribution in [0.3, 0.4) is 0 Å². The minimum absolute atomic E-state index is 0.0564. The molecule has 1 aliphatic heterocycles. The molecule has 0 spiro atoms. The van der Waals surface area contributed by atoms with Gasteiger partial charge in [-0.15, -0.1) is 0 Å². The van der Waals surface area contributed by atoms with Crippen molar-refractivity contribution in [1.29, 1.82) is 0 Å². The minimum Gasteiger partial charge on any atom is -0.310 e. The van der Waals surface area contributed by atoms with Gasteiger partial charge in [-0.2, -0.15) is 11.3 Å². The highest BCUT2D eigenvalue weighted by Crippen LogP contribution is 2.33. The van der Waals surface area contributed by atoms with E-state index in [1.807, 2.05) is 0 Å². The second kappa shape index (κ2) is 6.08. The van der Waals surface area contributed by atoms with E-state index in [0.29, 0.717) is 16.3 Å². The SMILES string of the molecule is O=S1(=O)CC[C@@H](NCCc2ccsc2)c2cc(Cl)ccc21. The van der Waals surface area contributed by atoms with Gasteiger partial charge in [0.15, 0.2) is 9.84 Å². The Kier molecular flexibility index (Phi) is 4.36. The van der Waals surface area contributed by atoms with E-state index < -0.39 is 9.84 Å². The van der Waals surface area contributed by atoms with Gasteiger partial charge in [0, 0.05) is 11.1 Å². The number of hydrogen-bond donors (Lipinski definition) is 1. The maximum atomic E-state index is 12.1. The van der Waals surface area contributed by atoms with Gasteiger partial charge in [0.1, 0.15) is 0 Å². The van der Waals surface area contributed by atoms with Crippen LogP contribution in [0.1, 0.15) is 23.6 Å². The number of benzene rings is 1. The van der Waals surface area contributed by atoms with Gasteiger partial charge in [-0.1, -0.05) is 11.6 Å². The molecule has 2 aromatic rings. The highest BCUT2D eigenvalue weighted by molar-refractivity contribution is 7.91. The predicted molar refractivity (Wildman–Crippen MR) is 86.9 cm³/mol. The summed E-state index contributed by atoms with van der Waals surface area (Å²) < 4.78 is 24.2. The molecule has 0 saturated carbocycles. The summed E-state index contributed by atoms with van der Waals surface area (Å²) in [6.07, 6.45) is 1.54. The van der Waals surface area contributed by atoms with E-state index in [-0.39, 0.29) is 11.8 Å². The van der Waals surface area contributed by atoms with Crippen molar-refractivity contribution in [1.82, 2.24) is 5.32 Å². The zero-order valence-corrected chi connectivity index (χ0v) is 13.8. The Morgan fingerprint density at radius 1 is 1.33 bits per heavy atom. The third-order valence-electron chi connectivity index (χ3n) is 3.74. The number of halogens is 1. The first kappa shape index (κ1) is 15.0. The van der Waals surface area contributed by atoms with Crippen molar-refractivity contribution in [3.8, 4) is 0 Å². The lowest BCUT2D eigenvalue weighted by Crippen LogP contribution is -2.31. The standard InChI is InChI=1S/C15H16ClNO2S2/c16-12-1-2-15-13(9-12)14(5-8-21(15,18)19)17-6-3-11-4-7-20-10-11/h1-2,4,7,9-10,14,17H,3,5-6,8H2/t14-/m1/s1. The van der Waals surface area contributed by atoms with Crippen molar-refractivity contribution < 1.29 is 8.42 Å². The number of nitrogens with one attached hydrogen (secondary N) is 1. The molecular formula is C15H16ClNO2S2. The Morgan fingerprint density at radius 2 is 2.19 bits per heavy atom. The molecule has 112 valence electrons. The number of hydrogen-bond acceptors (Lipinski definition) is 4. The first-order chi connectivity index (χ1) is 10.1. The Bertz CT molecular complexity index is 726. The van der Waals surface area contributed by atoms with Crippen molar-refractivity contribution in [2.24, 2.45) is 0 Å². The van der Waals surface area contributed by atoms with Gasteiger partial charge < -0.3 is 5.32 Å². The molecule has 6 heteroatoms. The van der Waals surface area contributed by atoms with Gasteiger partial charge in [-0.25, -0.2) is 8.42 Å². The lowest BCUT2D eigenvalue weighted by atomic mass is 10.0. The van der Waals surface area contributed by atoms with Crippen molar-refractivity contribution in [3.05, 3.63) is 51.2 Å². The van der Waals surface area contributed by atoms with E-state index in [1.54, 1.807) is 29.5 Å². The zero-order chi connectivity index (χ0) is 14.9. The van der Waals surface area contributed by atoms with Crippen LogP contribution < -0.4 is 5.32 Å². The smallest absolute Gasteiger partial charge is 0.178 e. The van der Waals surface area contributed by atoms with E-state index in [1.165, 1.54) is 5.56 Å². The quantitative estimate of drug-likeness (QED) is 0.926. The molecule has 3 nitrogen and oxygen atoms in total. The van der Waals surface area contributed by atoms with Gasteiger partial charge in [-0.3, -0.25) is 0 Å². The second-order valence-electron chi connectivity index (χ2n) is 5.18. The molecule has 0 fully saturated rings. The van der Waals surface area contributed by atoms with E-state index in [0.717, 1.165) is 18.5 Å². The minimum atomic E-state index is -3.16. The summed E-state index contributed by atoms with van der Waals surface area (Å²) in [5.41, 5.74) is 2.11. The third kappa shape index (κ3) is 3.31. The number of sulfone groups is 1. The Balaban J connectivity index is 1.76. The summed E-state index contributed by atoms with van der Waals surface area (Å²) in [6.45, 7) is 0.827. The molecule has 0 aliphatic carbocycles. The van der Waals surface area contributed by atoms with Gasteiger partial charge in [0.2, 0.25) is 0 Å². The molecule has 1 aliphatic rings. The molecule has 0 saturated heterocycles. The zero-order valence-electron chi connectivity index (χ0n) is 11.4. The van der Waals surface area contributed by atoms with Crippen LogP contribution in [0, 0.1) is 0 Å². The highest BCUT2D eigenvalue weighted by Gasteiger charge is 2.29. The fourth-order valence-corrected chi connectivity index (χ4v) is 5.14. The maximum absolute atomic E-state index is 12.1. The number of thiophene rings is 1. The lowest BCUT2D eigenvalue weighted by molar-refractivity contribution is 0.495. The lowest BCUT2D eigenvalue weighted by Gasteiger charge is -2.26. The molecule has 3 rings (SSSR count). The molecule has 0 bridgehead atoms. The molecule has 0 unspecified atom stereocenters. The summed E-state index contributed by atoms with van der Waals surface area (Å²) in [6, 6.07) is 7.21. The Morgan fingerprint density at radius 3 is 2.95 bits per heavy atom. The monoisotopic (exact) mass is 341 g/mol. The van der Waals surface area contributed by atoms with Crippen LogP contribution in [-0.2, 0) is 16.3 Å². The van der Waals surface area contributed by atoms with E-state index >= 15 is 0 Å². The average molecular weight is 342 g/mol. The summed E-state index contributed by atoms with van der Waals surface area (Å²) >= 11 is 7.72. The van der Waals surface area contributed by atoms with Gasteiger partial charge in [0.25, 0.3) is 0 Å². The second-order valence-corrected chi connectivity index (χ2v) is 8.47. The third-order valence-corrected chi connectivity index (χ3v) is 6.52. The van der Waals surface area contributed by atoms with Crippen LogP contribution in [0.25, 0.3) is 0 Å². The van der Waals surface area contributed by atoms with Crippen LogP contribution in [0.4, 0.5) is 0 Å². The molecule has 1 atom stereocenters. The van der Waals surface area contributed by atoms with Crippen molar-refractivity contribution in [2.75, 3.05) is 12.3 Å². The van der Waals surface area contributed by atoms with Crippen LogP contribution >= 0.6 is 22.9 Å². The Hall–Kier alpha value is -0.880. The normalized spacial score (nSPS) is 20.1. The Labute approximate surface area is 133 Å². The van der Waals surface area contributed by atoms with Crippen LogP contribution in [0.15, 0.2) is 39.9 Å². The van der Waals surface area contributed by atoms with Crippen LogP contribution in [0.5, 0.6) is 0 Å². The van der Waals surface area contributed by atoms with Gasteiger partial charge in [-0.05, 0) is 65.5 Å². The summed E-state index contributed by atoms with van der Waals surface area (Å²) in [5.74, 6) is 0.192. The molecule has 1 aromatic heterocycles. The fourth-order valence-electron chi connectivity index (χ4n) is 2.65. The average Bonchev–Trinajstić information content (AvgIpc) is 2.94. The maximum Gasteiger partial charge on any atom is 0.178 e. The van der Waals surface area contributed by atoms with Crippen LogP contribution in [-0.4, -0.2) is 20.7 Å². The first-order valence-electron chi connectivity index (χ1n) is 6.83. The molecule has 1 N–H and O–H groups in total. The molecule has 21 heavy (non-hydrogen) atoms. The van der Waals surface area contributed by atoms with Crippen molar-refractivity contribution in [2.45, 2.75) is 23.8 Å². The molecule has 0 amide bonds. The van der Waals surface area contributed by atoms with E-state index in [4.69, 9.17) is 11.6 Å². The molecule has 0 radical (unpaired) electrons. The molecule has 2 heterocycles. The summed E-state index contributed by atoms with van der Waals surface area (Å²) in [7, 11) is -3.16.